The Morgan fingerprint density at radius 2 is 2.18 bits per heavy atom. The molecule has 3 aliphatic rings. The third kappa shape index (κ3) is 1.57. The lowest BCUT2D eigenvalue weighted by molar-refractivity contribution is 0.249. The van der Waals surface area contributed by atoms with Crippen LogP contribution in [0.4, 0.5) is 0 Å². The molecule has 0 radical (unpaired) electrons. The second kappa shape index (κ2) is 3.86. The highest BCUT2D eigenvalue weighted by Crippen LogP contribution is 2.58. The molecule has 1 fully saturated rings. The van der Waals surface area contributed by atoms with E-state index < -0.39 is 0 Å². The van der Waals surface area contributed by atoms with Crippen LogP contribution < -0.4 is 0 Å². The van der Waals surface area contributed by atoms with Crippen molar-refractivity contribution in [2.24, 2.45) is 23.2 Å². The summed E-state index contributed by atoms with van der Waals surface area (Å²) in [5, 5.41) is 0. The van der Waals surface area contributed by atoms with Crippen LogP contribution >= 0.6 is 0 Å². The Hall–Kier alpha value is -0.780. The van der Waals surface area contributed by atoms with Crippen molar-refractivity contribution in [1.82, 2.24) is 0 Å². The zero-order chi connectivity index (χ0) is 12.0. The van der Waals surface area contributed by atoms with Crippen LogP contribution in [0.15, 0.2) is 35.5 Å². The Labute approximate surface area is 105 Å². The van der Waals surface area contributed by atoms with Gasteiger partial charge in [-0.25, -0.2) is 0 Å². The second-order valence-electron chi connectivity index (χ2n) is 6.50. The van der Waals surface area contributed by atoms with Gasteiger partial charge >= 0.3 is 0 Å². The summed E-state index contributed by atoms with van der Waals surface area (Å²) < 4.78 is 0. The molecule has 0 saturated heterocycles. The molecule has 3 aliphatic carbocycles. The van der Waals surface area contributed by atoms with Crippen molar-refractivity contribution in [3.05, 3.63) is 35.5 Å². The van der Waals surface area contributed by atoms with E-state index in [0.29, 0.717) is 5.41 Å². The zero-order valence-electron chi connectivity index (χ0n) is 11.4. The summed E-state index contributed by atoms with van der Waals surface area (Å²) in [6, 6.07) is 0. The summed E-state index contributed by atoms with van der Waals surface area (Å²) in [7, 11) is 0. The Morgan fingerprint density at radius 1 is 1.35 bits per heavy atom. The molecule has 0 heterocycles. The van der Waals surface area contributed by atoms with Gasteiger partial charge in [-0.15, -0.1) is 0 Å². The fraction of sp³-hybridized carbons (Fsp3) is 0.647. The Bertz CT molecular complexity index is 406. The first-order valence-electron chi connectivity index (χ1n) is 7.24. The molecule has 17 heavy (non-hydrogen) atoms. The van der Waals surface area contributed by atoms with Crippen molar-refractivity contribution >= 4 is 0 Å². The molecule has 3 unspecified atom stereocenters. The van der Waals surface area contributed by atoms with Crippen LogP contribution in [0.1, 0.15) is 46.5 Å². The van der Waals surface area contributed by atoms with Crippen molar-refractivity contribution in [3.8, 4) is 0 Å². The van der Waals surface area contributed by atoms with Gasteiger partial charge in [0.2, 0.25) is 0 Å². The number of hydrogen-bond donors (Lipinski definition) is 0. The summed E-state index contributed by atoms with van der Waals surface area (Å²) in [6.45, 7) is 7.25. The average molecular weight is 228 g/mol. The van der Waals surface area contributed by atoms with E-state index in [-0.39, 0.29) is 0 Å². The first-order chi connectivity index (χ1) is 8.14. The third-order valence-corrected chi connectivity index (χ3v) is 5.28. The lowest BCUT2D eigenvalue weighted by atomic mass is 9.72. The largest absolute Gasteiger partial charge is 0.0879 e. The SMILES string of the molecule is CCC1C=C2C(=CC1)C1C=CCCC1C2(C)C. The molecular formula is C17H24. The molecule has 0 bridgehead atoms. The number of hydrogen-bond acceptors (Lipinski definition) is 0. The van der Waals surface area contributed by atoms with Crippen molar-refractivity contribution in [1.29, 1.82) is 0 Å². The van der Waals surface area contributed by atoms with Gasteiger partial charge in [0.25, 0.3) is 0 Å². The summed E-state index contributed by atoms with van der Waals surface area (Å²) >= 11 is 0. The highest BCUT2D eigenvalue weighted by molar-refractivity contribution is 5.49. The molecule has 0 aromatic rings. The molecule has 92 valence electrons. The number of allylic oxidation sites excluding steroid dienone is 6. The highest BCUT2D eigenvalue weighted by atomic mass is 14.5. The van der Waals surface area contributed by atoms with Gasteiger partial charge in [-0.05, 0) is 54.1 Å². The van der Waals surface area contributed by atoms with Crippen LogP contribution in [0, 0.1) is 23.2 Å². The minimum absolute atomic E-state index is 0.398. The first-order valence-corrected chi connectivity index (χ1v) is 7.24. The van der Waals surface area contributed by atoms with Crippen LogP contribution in [-0.2, 0) is 0 Å². The topological polar surface area (TPSA) is 0 Å². The molecule has 0 nitrogen and oxygen atoms in total. The molecule has 0 N–H and O–H groups in total. The van der Waals surface area contributed by atoms with Crippen molar-refractivity contribution in [2.45, 2.75) is 46.5 Å². The normalized spacial score (nSPS) is 38.2. The molecule has 3 rings (SSSR count). The smallest absolute Gasteiger partial charge is 0.00543 e. The summed E-state index contributed by atoms with van der Waals surface area (Å²) in [6.07, 6.45) is 15.2. The predicted octanol–water partition coefficient (Wildman–Crippen LogP) is 4.89. The maximum absolute atomic E-state index is 2.60. The first kappa shape index (κ1) is 11.3. The van der Waals surface area contributed by atoms with E-state index in [4.69, 9.17) is 0 Å². The summed E-state index contributed by atoms with van der Waals surface area (Å²) in [4.78, 5) is 0. The molecule has 0 amide bonds. The van der Waals surface area contributed by atoms with Crippen LogP contribution in [-0.4, -0.2) is 0 Å². The van der Waals surface area contributed by atoms with E-state index in [2.05, 4.69) is 45.1 Å². The standard InChI is InChI=1S/C17H24/c1-4-12-9-10-14-13-7-5-6-8-15(13)17(2,3)16(14)11-12/h5,7,10-13,15H,4,6,8-9H2,1-3H3. The van der Waals surface area contributed by atoms with Gasteiger partial charge in [0, 0.05) is 5.92 Å². The maximum atomic E-state index is 2.60. The third-order valence-electron chi connectivity index (χ3n) is 5.28. The number of fused-ring (bicyclic) bond motifs is 3. The van der Waals surface area contributed by atoms with Gasteiger partial charge in [0.15, 0.2) is 0 Å². The lowest BCUT2D eigenvalue weighted by Gasteiger charge is -2.32. The van der Waals surface area contributed by atoms with E-state index >= 15 is 0 Å². The minimum atomic E-state index is 0.398. The number of rotatable bonds is 1. The van der Waals surface area contributed by atoms with Gasteiger partial charge in [-0.3, -0.25) is 0 Å². The van der Waals surface area contributed by atoms with Gasteiger partial charge in [-0.2, -0.15) is 0 Å². The zero-order valence-corrected chi connectivity index (χ0v) is 11.4. The monoisotopic (exact) mass is 228 g/mol. The average Bonchev–Trinajstić information content (AvgIpc) is 2.59. The summed E-state index contributed by atoms with van der Waals surface area (Å²) in [5.41, 5.74) is 3.74. The van der Waals surface area contributed by atoms with E-state index in [0.717, 1.165) is 17.8 Å². The molecule has 0 aromatic carbocycles. The Kier molecular flexibility index (Phi) is 2.57. The molecule has 1 saturated carbocycles. The fourth-order valence-electron chi connectivity index (χ4n) is 4.14. The summed E-state index contributed by atoms with van der Waals surface area (Å²) in [5.74, 6) is 2.36. The van der Waals surface area contributed by atoms with Crippen LogP contribution in [0.5, 0.6) is 0 Å². The maximum Gasteiger partial charge on any atom is 0.00543 e. The Balaban J connectivity index is 2.05. The van der Waals surface area contributed by atoms with Gasteiger partial charge in [0.05, 0.1) is 0 Å². The van der Waals surface area contributed by atoms with Crippen molar-refractivity contribution in [2.75, 3.05) is 0 Å². The van der Waals surface area contributed by atoms with Crippen LogP contribution in [0.3, 0.4) is 0 Å². The molecule has 3 atom stereocenters. The molecule has 0 heteroatoms. The molecule has 0 aromatic heterocycles. The van der Waals surface area contributed by atoms with Crippen molar-refractivity contribution < 1.29 is 0 Å². The lowest BCUT2D eigenvalue weighted by Crippen LogP contribution is -2.24. The quantitative estimate of drug-likeness (QED) is 0.560. The fourth-order valence-corrected chi connectivity index (χ4v) is 4.14. The van der Waals surface area contributed by atoms with Gasteiger partial charge < -0.3 is 0 Å². The van der Waals surface area contributed by atoms with E-state index in [1.165, 1.54) is 25.7 Å². The van der Waals surface area contributed by atoms with Gasteiger partial charge in [-0.1, -0.05) is 45.1 Å². The van der Waals surface area contributed by atoms with Crippen LogP contribution in [0.25, 0.3) is 0 Å². The minimum Gasteiger partial charge on any atom is -0.0879 e. The van der Waals surface area contributed by atoms with E-state index in [1.54, 1.807) is 11.1 Å². The van der Waals surface area contributed by atoms with E-state index in [1.807, 2.05) is 0 Å². The second-order valence-corrected chi connectivity index (χ2v) is 6.50. The highest BCUT2D eigenvalue weighted by Gasteiger charge is 2.48. The Morgan fingerprint density at radius 3 is 2.94 bits per heavy atom. The molecule has 0 spiro atoms. The van der Waals surface area contributed by atoms with Gasteiger partial charge in [0.1, 0.15) is 0 Å². The molecular weight excluding hydrogens is 204 g/mol. The van der Waals surface area contributed by atoms with E-state index in [9.17, 15) is 0 Å². The van der Waals surface area contributed by atoms with Crippen LogP contribution in [0.2, 0.25) is 0 Å². The van der Waals surface area contributed by atoms with Crippen molar-refractivity contribution in [3.63, 3.8) is 0 Å². The predicted molar refractivity (Wildman–Crippen MR) is 73.7 cm³/mol. The molecule has 0 aliphatic heterocycles.